The molecule has 186 valence electrons. The third-order valence-electron chi connectivity index (χ3n) is 6.34. The first-order valence-corrected chi connectivity index (χ1v) is 12.9. The van der Waals surface area contributed by atoms with Crippen LogP contribution >= 0.6 is 0 Å². The van der Waals surface area contributed by atoms with E-state index in [1.807, 2.05) is 12.1 Å². The molecule has 1 heterocycles. The molecule has 1 saturated heterocycles. The van der Waals surface area contributed by atoms with Gasteiger partial charge in [-0.1, -0.05) is 76.6 Å². The van der Waals surface area contributed by atoms with Gasteiger partial charge in [0.15, 0.2) is 6.29 Å². The van der Waals surface area contributed by atoms with Crippen LogP contribution in [0.5, 0.6) is 5.75 Å². The van der Waals surface area contributed by atoms with E-state index in [2.05, 4.69) is 26.0 Å². The number of benzene rings is 2. The van der Waals surface area contributed by atoms with E-state index in [0.717, 1.165) is 37.7 Å². The fourth-order valence-electron chi connectivity index (χ4n) is 4.18. The molecular weight excluding hydrogens is 431 g/mol. The molecule has 2 aromatic rings. The first-order valence-electron chi connectivity index (χ1n) is 12.9. The van der Waals surface area contributed by atoms with Crippen molar-refractivity contribution >= 4 is 5.97 Å². The second kappa shape index (κ2) is 14.2. The Morgan fingerprint density at radius 1 is 0.912 bits per heavy atom. The normalized spacial score (nSPS) is 18.1. The molecule has 0 N–H and O–H groups in total. The Kier molecular flexibility index (Phi) is 11.0. The van der Waals surface area contributed by atoms with Gasteiger partial charge in [-0.05, 0) is 48.9 Å². The highest BCUT2D eigenvalue weighted by Crippen LogP contribution is 2.28. The van der Waals surface area contributed by atoms with Crippen molar-refractivity contribution in [3.05, 3.63) is 53.8 Å². The van der Waals surface area contributed by atoms with Crippen LogP contribution in [0.1, 0.15) is 77.2 Å². The summed E-state index contributed by atoms with van der Waals surface area (Å²) in [7, 11) is 0. The van der Waals surface area contributed by atoms with E-state index >= 15 is 0 Å². The molecule has 0 atom stereocenters. The van der Waals surface area contributed by atoms with Crippen molar-refractivity contribution in [2.24, 2.45) is 5.92 Å². The fraction of sp³-hybridized carbons (Fsp3) is 0.552. The Hall–Kier alpha value is -2.24. The number of carbonyl (C=O) groups excluding carboxylic acids is 1. The van der Waals surface area contributed by atoms with E-state index in [9.17, 15) is 9.18 Å². The first-order chi connectivity index (χ1) is 16.6. The van der Waals surface area contributed by atoms with E-state index < -0.39 is 17.7 Å². The number of ether oxygens (including phenoxy) is 3. The molecular formula is C29H39FO4. The number of hydrogen-bond acceptors (Lipinski definition) is 4. The van der Waals surface area contributed by atoms with Gasteiger partial charge in [-0.2, -0.15) is 0 Å². The Morgan fingerprint density at radius 2 is 1.59 bits per heavy atom. The summed E-state index contributed by atoms with van der Waals surface area (Å²) in [5, 5.41) is 0. The van der Waals surface area contributed by atoms with E-state index in [-0.39, 0.29) is 25.3 Å². The lowest BCUT2D eigenvalue weighted by molar-refractivity contribution is -0.208. The number of esters is 1. The van der Waals surface area contributed by atoms with Gasteiger partial charge in [0, 0.05) is 11.6 Å². The van der Waals surface area contributed by atoms with Crippen molar-refractivity contribution in [3.63, 3.8) is 0 Å². The molecule has 0 radical (unpaired) electrons. The van der Waals surface area contributed by atoms with Gasteiger partial charge in [0.1, 0.15) is 17.5 Å². The number of halogens is 1. The number of carbonyl (C=O) groups is 1. The summed E-state index contributed by atoms with van der Waals surface area (Å²) < 4.78 is 31.5. The van der Waals surface area contributed by atoms with Crippen LogP contribution < -0.4 is 4.74 Å². The zero-order valence-corrected chi connectivity index (χ0v) is 20.7. The molecule has 0 aromatic heterocycles. The zero-order valence-electron chi connectivity index (χ0n) is 20.7. The molecule has 1 aliphatic rings. The monoisotopic (exact) mass is 470 g/mol. The second-order valence-corrected chi connectivity index (χ2v) is 9.21. The molecule has 0 amide bonds. The number of aryl methyl sites for hydroxylation is 1. The van der Waals surface area contributed by atoms with Crippen LogP contribution in [0.15, 0.2) is 42.5 Å². The number of unbranched alkanes of at least 4 members (excludes halogenated alkanes) is 6. The lowest BCUT2D eigenvalue weighted by Crippen LogP contribution is -2.38. The maximum atomic E-state index is 14.8. The van der Waals surface area contributed by atoms with Crippen molar-refractivity contribution in [1.29, 1.82) is 0 Å². The standard InChI is InChI=1S/C29H39FO4/c1-3-5-7-8-10-11-22-13-15-23(16-14-22)26-18-17-25(19-27(26)30)34-29(31)24-20-32-28(33-21-24)12-9-6-4-2/h13-19,24,28H,3-12,20-21H2,1-2H3. The average Bonchev–Trinajstić information content (AvgIpc) is 2.85. The minimum atomic E-state index is -0.500. The predicted octanol–water partition coefficient (Wildman–Crippen LogP) is 7.48. The molecule has 34 heavy (non-hydrogen) atoms. The van der Waals surface area contributed by atoms with Gasteiger partial charge in [-0.25, -0.2) is 4.39 Å². The van der Waals surface area contributed by atoms with Crippen LogP contribution in [-0.2, 0) is 20.7 Å². The largest absolute Gasteiger partial charge is 0.426 e. The summed E-state index contributed by atoms with van der Waals surface area (Å²) in [5.74, 6) is -1.17. The van der Waals surface area contributed by atoms with Crippen molar-refractivity contribution in [3.8, 4) is 16.9 Å². The summed E-state index contributed by atoms with van der Waals surface area (Å²) >= 11 is 0. The molecule has 0 unspecified atom stereocenters. The Morgan fingerprint density at radius 3 is 2.26 bits per heavy atom. The lowest BCUT2D eigenvalue weighted by atomic mass is 10.0. The van der Waals surface area contributed by atoms with Crippen LogP contribution in [0.25, 0.3) is 11.1 Å². The smallest absolute Gasteiger partial charge is 0.319 e. The Bertz CT molecular complexity index is 872. The first kappa shape index (κ1) is 26.4. The highest BCUT2D eigenvalue weighted by atomic mass is 19.1. The lowest BCUT2D eigenvalue weighted by Gasteiger charge is -2.28. The highest BCUT2D eigenvalue weighted by molar-refractivity contribution is 5.76. The van der Waals surface area contributed by atoms with E-state index in [1.165, 1.54) is 43.7 Å². The van der Waals surface area contributed by atoms with Gasteiger partial charge in [-0.15, -0.1) is 0 Å². The SMILES string of the molecule is CCCCCCCc1ccc(-c2ccc(OC(=O)C3COC(CCCCC)OC3)cc2F)cc1. The van der Waals surface area contributed by atoms with Gasteiger partial charge in [-0.3, -0.25) is 4.79 Å². The van der Waals surface area contributed by atoms with E-state index in [1.54, 1.807) is 12.1 Å². The van der Waals surface area contributed by atoms with Crippen LogP contribution in [0, 0.1) is 11.7 Å². The molecule has 4 nitrogen and oxygen atoms in total. The van der Waals surface area contributed by atoms with Crippen molar-refractivity contribution in [2.75, 3.05) is 13.2 Å². The molecule has 0 spiro atoms. The third kappa shape index (κ3) is 8.21. The topological polar surface area (TPSA) is 44.8 Å². The molecule has 5 heteroatoms. The molecule has 3 rings (SSSR count). The molecule has 2 aromatic carbocycles. The van der Waals surface area contributed by atoms with E-state index in [0.29, 0.717) is 5.56 Å². The quantitative estimate of drug-likeness (QED) is 0.173. The van der Waals surface area contributed by atoms with Crippen molar-refractivity contribution < 1.29 is 23.4 Å². The van der Waals surface area contributed by atoms with Crippen LogP contribution in [0.4, 0.5) is 4.39 Å². The Balaban J connectivity index is 1.48. The van der Waals surface area contributed by atoms with E-state index in [4.69, 9.17) is 14.2 Å². The van der Waals surface area contributed by atoms with Gasteiger partial charge in [0.05, 0.1) is 13.2 Å². The zero-order chi connectivity index (χ0) is 24.2. The minimum Gasteiger partial charge on any atom is -0.426 e. The summed E-state index contributed by atoms with van der Waals surface area (Å²) in [6.07, 6.45) is 11.2. The summed E-state index contributed by atoms with van der Waals surface area (Å²) in [5.41, 5.74) is 2.58. The van der Waals surface area contributed by atoms with Crippen molar-refractivity contribution in [1.82, 2.24) is 0 Å². The predicted molar refractivity (Wildman–Crippen MR) is 133 cm³/mol. The molecule has 0 aliphatic carbocycles. The molecule has 0 saturated carbocycles. The minimum absolute atomic E-state index is 0.194. The average molecular weight is 471 g/mol. The summed E-state index contributed by atoms with van der Waals surface area (Å²) in [6.45, 7) is 4.90. The maximum absolute atomic E-state index is 14.8. The maximum Gasteiger partial charge on any atom is 0.319 e. The summed E-state index contributed by atoms with van der Waals surface area (Å²) in [6, 6.07) is 12.6. The fourth-order valence-corrected chi connectivity index (χ4v) is 4.18. The van der Waals surface area contributed by atoms with Gasteiger partial charge >= 0.3 is 5.97 Å². The Labute approximate surface area is 203 Å². The van der Waals surface area contributed by atoms with Crippen LogP contribution in [0.2, 0.25) is 0 Å². The summed E-state index contributed by atoms with van der Waals surface area (Å²) in [4.78, 5) is 12.5. The van der Waals surface area contributed by atoms with Crippen LogP contribution in [-0.4, -0.2) is 25.5 Å². The number of hydrogen-bond donors (Lipinski definition) is 0. The van der Waals surface area contributed by atoms with Gasteiger partial charge in [0.25, 0.3) is 0 Å². The molecule has 1 fully saturated rings. The third-order valence-corrected chi connectivity index (χ3v) is 6.34. The van der Waals surface area contributed by atoms with Gasteiger partial charge < -0.3 is 14.2 Å². The highest BCUT2D eigenvalue weighted by Gasteiger charge is 2.29. The van der Waals surface area contributed by atoms with Gasteiger partial charge in [0.2, 0.25) is 0 Å². The molecule has 0 bridgehead atoms. The van der Waals surface area contributed by atoms with Crippen LogP contribution in [0.3, 0.4) is 0 Å². The second-order valence-electron chi connectivity index (χ2n) is 9.21. The molecule has 1 aliphatic heterocycles. The number of rotatable bonds is 13. The van der Waals surface area contributed by atoms with Crippen molar-refractivity contribution in [2.45, 2.75) is 84.3 Å².